The number of hydrogen-bond donors (Lipinski definition) is 1. The number of nitrogens with zero attached hydrogens (tertiary/aromatic N) is 1. The van der Waals surface area contributed by atoms with E-state index in [0.29, 0.717) is 19.7 Å². The van der Waals surface area contributed by atoms with Gasteiger partial charge in [0.25, 0.3) is 0 Å². The molecule has 0 aliphatic carbocycles. The zero-order valence-corrected chi connectivity index (χ0v) is 11.2. The topological polar surface area (TPSA) is 59.0 Å². The normalized spacial score (nSPS) is 25.1. The Kier molecular flexibility index (Phi) is 4.38. The highest BCUT2D eigenvalue weighted by Gasteiger charge is 2.40. The van der Waals surface area contributed by atoms with Gasteiger partial charge in [-0.2, -0.15) is 0 Å². The van der Waals surface area contributed by atoms with Crippen molar-refractivity contribution in [2.45, 2.75) is 32.8 Å². The average molecular weight is 245 g/mol. The molecule has 0 aromatic heterocycles. The maximum Gasteiger partial charge on any atom is 0.410 e. The van der Waals surface area contributed by atoms with E-state index in [9.17, 15) is 9.90 Å². The summed E-state index contributed by atoms with van der Waals surface area (Å²) in [6.45, 7) is 7.12. The number of likely N-dealkylation sites (tertiary alicyclic amines) is 1. The fraction of sp³-hybridized carbons (Fsp3) is 0.917. The summed E-state index contributed by atoms with van der Waals surface area (Å²) in [7, 11) is 1.60. The van der Waals surface area contributed by atoms with E-state index in [1.807, 2.05) is 20.8 Å². The van der Waals surface area contributed by atoms with E-state index in [2.05, 4.69) is 0 Å². The van der Waals surface area contributed by atoms with Crippen molar-refractivity contribution in [1.29, 1.82) is 0 Å². The second kappa shape index (κ2) is 5.23. The van der Waals surface area contributed by atoms with E-state index < -0.39 is 5.60 Å². The lowest BCUT2D eigenvalue weighted by Gasteiger charge is -2.27. The molecule has 1 aliphatic heterocycles. The molecular formula is C12H23NO4. The summed E-state index contributed by atoms with van der Waals surface area (Å²) in [6.07, 6.45) is 0.431. The van der Waals surface area contributed by atoms with Crippen molar-refractivity contribution < 1.29 is 19.4 Å². The third-order valence-electron chi connectivity index (χ3n) is 2.88. The van der Waals surface area contributed by atoms with Gasteiger partial charge >= 0.3 is 6.09 Å². The molecule has 0 unspecified atom stereocenters. The molecule has 1 heterocycles. The Hall–Kier alpha value is -0.810. The lowest BCUT2D eigenvalue weighted by molar-refractivity contribution is 0.0145. The van der Waals surface area contributed by atoms with Crippen molar-refractivity contribution in [2.24, 2.45) is 5.41 Å². The second-order valence-electron chi connectivity index (χ2n) is 5.74. The monoisotopic (exact) mass is 245 g/mol. The number of aliphatic hydroxyl groups excluding tert-OH is 1. The predicted octanol–water partition coefficient (Wildman–Crippen LogP) is 1.25. The lowest BCUT2D eigenvalue weighted by atomic mass is 9.89. The van der Waals surface area contributed by atoms with Gasteiger partial charge in [0.15, 0.2) is 0 Å². The molecule has 1 saturated heterocycles. The highest BCUT2D eigenvalue weighted by atomic mass is 16.6. The SMILES string of the molecule is COC[C@@]1(CO)CCN(C(=O)OC(C)(C)C)C1. The molecule has 1 N–H and O–H groups in total. The lowest BCUT2D eigenvalue weighted by Crippen LogP contribution is -2.39. The van der Waals surface area contributed by atoms with Crippen LogP contribution in [0.5, 0.6) is 0 Å². The summed E-state index contributed by atoms with van der Waals surface area (Å²) in [6, 6.07) is 0. The van der Waals surface area contributed by atoms with Crippen LogP contribution >= 0.6 is 0 Å². The average Bonchev–Trinajstić information content (AvgIpc) is 2.61. The minimum atomic E-state index is -0.483. The first-order valence-electron chi connectivity index (χ1n) is 5.90. The fourth-order valence-electron chi connectivity index (χ4n) is 2.02. The standard InChI is InChI=1S/C12H23NO4/c1-11(2,3)17-10(15)13-6-5-12(7-13,8-14)9-16-4/h14H,5-9H2,1-4H3/t12-/m0/s1. The Labute approximate surface area is 103 Å². The molecule has 1 aliphatic rings. The Morgan fingerprint density at radius 1 is 1.47 bits per heavy atom. The van der Waals surface area contributed by atoms with Crippen LogP contribution in [0.2, 0.25) is 0 Å². The molecule has 0 radical (unpaired) electrons. The minimum absolute atomic E-state index is 0.0279. The van der Waals surface area contributed by atoms with Gasteiger partial charge in [0.2, 0.25) is 0 Å². The molecule has 1 atom stereocenters. The van der Waals surface area contributed by atoms with E-state index in [1.54, 1.807) is 12.0 Å². The summed E-state index contributed by atoms with van der Waals surface area (Å²) in [4.78, 5) is 13.5. The first-order chi connectivity index (χ1) is 7.82. The molecule has 17 heavy (non-hydrogen) atoms. The molecule has 5 nitrogen and oxygen atoms in total. The Morgan fingerprint density at radius 2 is 2.12 bits per heavy atom. The van der Waals surface area contributed by atoms with Crippen LogP contribution in [0.3, 0.4) is 0 Å². The molecular weight excluding hydrogens is 222 g/mol. The van der Waals surface area contributed by atoms with Crippen LogP contribution in [0.1, 0.15) is 27.2 Å². The maximum absolute atomic E-state index is 11.9. The zero-order chi connectivity index (χ0) is 13.1. The molecule has 0 aromatic rings. The van der Waals surface area contributed by atoms with Crippen LogP contribution in [0.4, 0.5) is 4.79 Å². The Balaban J connectivity index is 2.57. The highest BCUT2D eigenvalue weighted by Crippen LogP contribution is 2.31. The van der Waals surface area contributed by atoms with E-state index in [-0.39, 0.29) is 18.1 Å². The van der Waals surface area contributed by atoms with Crippen LogP contribution in [0.25, 0.3) is 0 Å². The van der Waals surface area contributed by atoms with Crippen molar-refractivity contribution in [2.75, 3.05) is 33.4 Å². The molecule has 0 saturated carbocycles. The Morgan fingerprint density at radius 3 is 2.59 bits per heavy atom. The van der Waals surface area contributed by atoms with Crippen LogP contribution in [-0.2, 0) is 9.47 Å². The van der Waals surface area contributed by atoms with E-state index in [0.717, 1.165) is 6.42 Å². The van der Waals surface area contributed by atoms with Crippen molar-refractivity contribution >= 4 is 6.09 Å². The summed E-state index contributed by atoms with van der Waals surface area (Å²) in [5.74, 6) is 0. The molecule has 0 spiro atoms. The van der Waals surface area contributed by atoms with Crippen LogP contribution < -0.4 is 0 Å². The summed E-state index contributed by atoms with van der Waals surface area (Å²) in [5.41, 5.74) is -0.811. The number of hydrogen-bond acceptors (Lipinski definition) is 4. The van der Waals surface area contributed by atoms with Gasteiger partial charge in [-0.1, -0.05) is 0 Å². The third kappa shape index (κ3) is 3.85. The molecule has 0 aromatic carbocycles. The van der Waals surface area contributed by atoms with Gasteiger partial charge in [-0.3, -0.25) is 0 Å². The Bertz CT molecular complexity index is 274. The fourth-order valence-corrected chi connectivity index (χ4v) is 2.02. The van der Waals surface area contributed by atoms with Crippen LogP contribution in [-0.4, -0.2) is 55.1 Å². The second-order valence-corrected chi connectivity index (χ2v) is 5.74. The number of carbonyl (C=O) groups is 1. The van der Waals surface area contributed by atoms with Gasteiger partial charge in [0.05, 0.1) is 13.2 Å². The van der Waals surface area contributed by atoms with Crippen LogP contribution in [0, 0.1) is 5.41 Å². The number of ether oxygens (including phenoxy) is 2. The van der Waals surface area contributed by atoms with Gasteiger partial charge in [0.1, 0.15) is 5.60 Å². The first kappa shape index (κ1) is 14.3. The van der Waals surface area contributed by atoms with E-state index in [1.165, 1.54) is 0 Å². The van der Waals surface area contributed by atoms with Gasteiger partial charge in [-0.25, -0.2) is 4.79 Å². The number of rotatable bonds is 3. The van der Waals surface area contributed by atoms with Crippen molar-refractivity contribution in [1.82, 2.24) is 4.90 Å². The molecule has 100 valence electrons. The molecule has 5 heteroatoms. The largest absolute Gasteiger partial charge is 0.444 e. The van der Waals surface area contributed by atoms with Gasteiger partial charge in [-0.15, -0.1) is 0 Å². The summed E-state index contributed by atoms with van der Waals surface area (Å²) >= 11 is 0. The molecule has 1 rings (SSSR count). The van der Waals surface area contributed by atoms with Gasteiger partial charge < -0.3 is 19.5 Å². The predicted molar refractivity (Wildman–Crippen MR) is 63.8 cm³/mol. The molecule has 1 fully saturated rings. The number of methoxy groups -OCH3 is 1. The first-order valence-corrected chi connectivity index (χ1v) is 5.90. The molecule has 0 bridgehead atoms. The van der Waals surface area contributed by atoms with Gasteiger partial charge in [-0.05, 0) is 27.2 Å². The van der Waals surface area contributed by atoms with Crippen molar-refractivity contribution in [3.05, 3.63) is 0 Å². The third-order valence-corrected chi connectivity index (χ3v) is 2.88. The number of aliphatic hydroxyl groups is 1. The van der Waals surface area contributed by atoms with Crippen LogP contribution in [0.15, 0.2) is 0 Å². The summed E-state index contributed by atoms with van der Waals surface area (Å²) in [5, 5.41) is 9.42. The maximum atomic E-state index is 11.9. The highest BCUT2D eigenvalue weighted by molar-refractivity contribution is 5.68. The summed E-state index contributed by atoms with van der Waals surface area (Å²) < 4.78 is 10.4. The van der Waals surface area contributed by atoms with E-state index in [4.69, 9.17) is 9.47 Å². The smallest absolute Gasteiger partial charge is 0.410 e. The van der Waals surface area contributed by atoms with Gasteiger partial charge in [0, 0.05) is 25.6 Å². The quantitative estimate of drug-likeness (QED) is 0.813. The number of carbonyl (C=O) groups excluding carboxylic acids is 1. The van der Waals surface area contributed by atoms with Crippen molar-refractivity contribution in [3.63, 3.8) is 0 Å². The molecule has 1 amide bonds. The van der Waals surface area contributed by atoms with Crippen molar-refractivity contribution in [3.8, 4) is 0 Å². The zero-order valence-electron chi connectivity index (χ0n) is 11.2. The number of amides is 1. The minimum Gasteiger partial charge on any atom is -0.444 e. The van der Waals surface area contributed by atoms with E-state index >= 15 is 0 Å².